The molecule has 2 aromatic carbocycles. The fourth-order valence-corrected chi connectivity index (χ4v) is 3.76. The number of hydrogen-bond acceptors (Lipinski definition) is 4. The summed E-state index contributed by atoms with van der Waals surface area (Å²) in [5.41, 5.74) is 0.231. The molecule has 4 rings (SSSR count). The molecule has 164 valence electrons. The number of benzene rings is 2. The maximum atomic E-state index is 13.5. The maximum Gasteiger partial charge on any atom is 0.336 e. The summed E-state index contributed by atoms with van der Waals surface area (Å²) >= 11 is 0. The molecule has 0 aliphatic carbocycles. The summed E-state index contributed by atoms with van der Waals surface area (Å²) in [4.78, 5) is 39.9. The third kappa shape index (κ3) is 3.87. The molecule has 0 radical (unpaired) electrons. The topological polar surface area (TPSA) is 86.2 Å². The van der Waals surface area contributed by atoms with Crippen LogP contribution in [0.15, 0.2) is 74.9 Å². The number of hydrogen-bond donors (Lipinski definition) is 1. The SMILES string of the molecule is CCC(C(=O)NCc1ccco1)n1c(=O)n(-c2ccc(F)cc2)c(=O)c2cc(C)ccc21. The van der Waals surface area contributed by atoms with Gasteiger partial charge in [-0.3, -0.25) is 14.2 Å². The van der Waals surface area contributed by atoms with Crippen molar-refractivity contribution < 1.29 is 13.6 Å². The first-order valence-electron chi connectivity index (χ1n) is 10.2. The summed E-state index contributed by atoms with van der Waals surface area (Å²) in [6.45, 7) is 3.80. The van der Waals surface area contributed by atoms with Gasteiger partial charge in [0.25, 0.3) is 5.56 Å². The second-order valence-corrected chi connectivity index (χ2v) is 7.51. The van der Waals surface area contributed by atoms with E-state index in [1.807, 2.05) is 6.92 Å². The largest absolute Gasteiger partial charge is 0.467 e. The number of fused-ring (bicyclic) bond motifs is 1. The molecule has 8 heteroatoms. The molecule has 0 fully saturated rings. The van der Waals surface area contributed by atoms with Crippen LogP contribution in [-0.4, -0.2) is 15.0 Å². The standard InChI is InChI=1S/C24H22FN3O4/c1-3-20(22(29)26-14-18-5-4-12-32-18)28-21-11-6-15(2)13-19(21)23(30)27(24(28)31)17-9-7-16(25)8-10-17/h4-13,20H,3,14H2,1-2H3,(H,26,29). The predicted octanol–water partition coefficient (Wildman–Crippen LogP) is 3.46. The van der Waals surface area contributed by atoms with Gasteiger partial charge in [-0.15, -0.1) is 0 Å². The summed E-state index contributed by atoms with van der Waals surface area (Å²) in [6, 6.07) is 12.8. The van der Waals surface area contributed by atoms with E-state index in [-0.39, 0.29) is 18.1 Å². The Morgan fingerprint density at radius 3 is 2.53 bits per heavy atom. The Morgan fingerprint density at radius 2 is 1.88 bits per heavy atom. The number of aromatic nitrogens is 2. The van der Waals surface area contributed by atoms with Crippen molar-refractivity contribution in [3.63, 3.8) is 0 Å². The molecule has 1 atom stereocenters. The first-order valence-corrected chi connectivity index (χ1v) is 10.2. The van der Waals surface area contributed by atoms with Gasteiger partial charge in [0.15, 0.2) is 0 Å². The van der Waals surface area contributed by atoms with Gasteiger partial charge in [-0.2, -0.15) is 0 Å². The molecule has 7 nitrogen and oxygen atoms in total. The molecule has 1 unspecified atom stereocenters. The zero-order valence-corrected chi connectivity index (χ0v) is 17.7. The summed E-state index contributed by atoms with van der Waals surface area (Å²) in [5, 5.41) is 3.09. The minimum atomic E-state index is -0.866. The van der Waals surface area contributed by atoms with Gasteiger partial charge < -0.3 is 9.73 Å². The molecular formula is C24H22FN3O4. The second-order valence-electron chi connectivity index (χ2n) is 7.51. The van der Waals surface area contributed by atoms with Crippen molar-refractivity contribution in [1.29, 1.82) is 0 Å². The second kappa shape index (κ2) is 8.66. The number of nitrogens with zero attached hydrogens (tertiary/aromatic N) is 2. The lowest BCUT2D eigenvalue weighted by Crippen LogP contribution is -2.44. The van der Waals surface area contributed by atoms with Crippen molar-refractivity contribution >= 4 is 16.8 Å². The van der Waals surface area contributed by atoms with Gasteiger partial charge in [-0.25, -0.2) is 13.8 Å². The van der Waals surface area contributed by atoms with E-state index in [0.717, 1.165) is 10.1 Å². The molecule has 4 aromatic rings. The fraction of sp³-hybridized carbons (Fsp3) is 0.208. The number of carbonyl (C=O) groups is 1. The van der Waals surface area contributed by atoms with E-state index in [1.165, 1.54) is 35.1 Å². The Bertz CT molecular complexity index is 1390. The van der Waals surface area contributed by atoms with Crippen LogP contribution in [0.4, 0.5) is 4.39 Å². The molecule has 1 N–H and O–H groups in total. The third-order valence-electron chi connectivity index (χ3n) is 5.35. The Kier molecular flexibility index (Phi) is 5.77. The molecule has 0 saturated heterocycles. The van der Waals surface area contributed by atoms with Gasteiger partial charge in [0, 0.05) is 0 Å². The summed E-state index contributed by atoms with van der Waals surface area (Å²) in [5.74, 6) is -0.281. The highest BCUT2D eigenvalue weighted by Crippen LogP contribution is 2.19. The Morgan fingerprint density at radius 1 is 1.12 bits per heavy atom. The maximum absolute atomic E-state index is 13.5. The highest BCUT2D eigenvalue weighted by Gasteiger charge is 2.25. The van der Waals surface area contributed by atoms with Crippen LogP contribution in [0.25, 0.3) is 16.6 Å². The lowest BCUT2D eigenvalue weighted by Gasteiger charge is -2.21. The highest BCUT2D eigenvalue weighted by molar-refractivity contribution is 5.85. The van der Waals surface area contributed by atoms with Gasteiger partial charge in [-0.1, -0.05) is 18.6 Å². The van der Waals surface area contributed by atoms with Gasteiger partial charge in [-0.05, 0) is 61.9 Å². The molecule has 0 saturated carbocycles. The predicted molar refractivity (Wildman–Crippen MR) is 118 cm³/mol. The van der Waals surface area contributed by atoms with Gasteiger partial charge in [0.1, 0.15) is 17.6 Å². The number of furan rings is 1. The van der Waals surface area contributed by atoms with E-state index in [4.69, 9.17) is 4.42 Å². The van der Waals surface area contributed by atoms with E-state index in [9.17, 15) is 18.8 Å². The first kappa shape index (κ1) is 21.3. The Labute approximate surface area is 182 Å². The van der Waals surface area contributed by atoms with Crippen LogP contribution in [0, 0.1) is 12.7 Å². The van der Waals surface area contributed by atoms with E-state index in [0.29, 0.717) is 23.1 Å². The molecule has 2 heterocycles. The van der Waals surface area contributed by atoms with Crippen molar-refractivity contribution in [3.8, 4) is 5.69 Å². The average molecular weight is 435 g/mol. The molecule has 0 aliphatic rings. The molecule has 2 aromatic heterocycles. The zero-order valence-electron chi connectivity index (χ0n) is 17.7. The molecule has 0 bridgehead atoms. The van der Waals surface area contributed by atoms with Crippen molar-refractivity contribution in [1.82, 2.24) is 14.5 Å². The van der Waals surface area contributed by atoms with Gasteiger partial charge in [0.05, 0.1) is 29.4 Å². The number of aryl methyl sites for hydroxylation is 1. The van der Waals surface area contributed by atoms with Crippen molar-refractivity contribution in [2.45, 2.75) is 32.9 Å². The molecule has 0 aliphatic heterocycles. The van der Waals surface area contributed by atoms with Crippen molar-refractivity contribution in [2.24, 2.45) is 0 Å². The van der Waals surface area contributed by atoms with Gasteiger partial charge >= 0.3 is 5.69 Å². The number of amides is 1. The number of carbonyl (C=O) groups excluding carboxylic acids is 1. The normalized spacial score (nSPS) is 12.1. The number of nitrogens with one attached hydrogen (secondary N) is 1. The summed E-state index contributed by atoms with van der Waals surface area (Å²) < 4.78 is 21.0. The molecule has 0 spiro atoms. The van der Waals surface area contributed by atoms with Crippen LogP contribution in [0.2, 0.25) is 0 Å². The van der Waals surface area contributed by atoms with Crippen LogP contribution in [0.3, 0.4) is 0 Å². The van der Waals surface area contributed by atoms with Gasteiger partial charge in [0.2, 0.25) is 5.91 Å². The minimum Gasteiger partial charge on any atom is -0.467 e. The monoisotopic (exact) mass is 435 g/mol. The summed E-state index contributed by atoms with van der Waals surface area (Å²) in [7, 11) is 0. The zero-order chi connectivity index (χ0) is 22.8. The van der Waals surface area contributed by atoms with Crippen LogP contribution in [0.1, 0.15) is 30.7 Å². The van der Waals surface area contributed by atoms with Crippen LogP contribution < -0.4 is 16.6 Å². The molecule has 1 amide bonds. The van der Waals surface area contributed by atoms with Crippen LogP contribution in [-0.2, 0) is 11.3 Å². The smallest absolute Gasteiger partial charge is 0.336 e. The number of halogens is 1. The quantitative estimate of drug-likeness (QED) is 0.503. The van der Waals surface area contributed by atoms with Crippen molar-refractivity contribution in [2.75, 3.05) is 0 Å². The Balaban J connectivity index is 1.90. The lowest BCUT2D eigenvalue weighted by atomic mass is 10.1. The van der Waals surface area contributed by atoms with Crippen molar-refractivity contribution in [3.05, 3.63) is 98.8 Å². The fourth-order valence-electron chi connectivity index (χ4n) is 3.76. The van der Waals surface area contributed by atoms with E-state index in [2.05, 4.69) is 5.32 Å². The van der Waals surface area contributed by atoms with E-state index < -0.39 is 23.1 Å². The first-order chi connectivity index (χ1) is 15.4. The van der Waals surface area contributed by atoms with E-state index >= 15 is 0 Å². The minimum absolute atomic E-state index is 0.172. The number of rotatable bonds is 6. The average Bonchev–Trinajstić information content (AvgIpc) is 3.30. The lowest BCUT2D eigenvalue weighted by molar-refractivity contribution is -0.124. The summed E-state index contributed by atoms with van der Waals surface area (Å²) in [6.07, 6.45) is 1.83. The molecular weight excluding hydrogens is 413 g/mol. The van der Waals surface area contributed by atoms with Crippen LogP contribution >= 0.6 is 0 Å². The highest BCUT2D eigenvalue weighted by atomic mass is 19.1. The Hall–Kier alpha value is -3.94. The molecule has 32 heavy (non-hydrogen) atoms. The third-order valence-corrected chi connectivity index (χ3v) is 5.35. The van der Waals surface area contributed by atoms with E-state index in [1.54, 1.807) is 37.3 Å². The van der Waals surface area contributed by atoms with Crippen LogP contribution in [0.5, 0.6) is 0 Å².